The predicted octanol–water partition coefficient (Wildman–Crippen LogP) is 3.19. The minimum absolute atomic E-state index is 0.111. The van der Waals surface area contributed by atoms with E-state index < -0.39 is 0 Å². The number of benzene rings is 2. The van der Waals surface area contributed by atoms with E-state index in [9.17, 15) is 4.79 Å². The third-order valence-corrected chi connectivity index (χ3v) is 6.42. The van der Waals surface area contributed by atoms with Gasteiger partial charge < -0.3 is 14.2 Å². The highest BCUT2D eigenvalue weighted by atomic mass is 16.5. The fourth-order valence-electron chi connectivity index (χ4n) is 4.83. The molecule has 5 rings (SSSR count). The van der Waals surface area contributed by atoms with E-state index in [1.807, 2.05) is 59.5 Å². The third kappa shape index (κ3) is 3.81. The molecule has 1 unspecified atom stereocenters. The van der Waals surface area contributed by atoms with E-state index >= 15 is 0 Å². The molecule has 2 saturated heterocycles. The molecule has 1 atom stereocenters. The summed E-state index contributed by atoms with van der Waals surface area (Å²) in [7, 11) is 3.74. The van der Waals surface area contributed by atoms with Crippen LogP contribution in [-0.4, -0.2) is 59.6 Å². The maximum Gasteiger partial charge on any atom is 0.257 e. The smallest absolute Gasteiger partial charge is 0.257 e. The fraction of sp³-hybridized carbons (Fsp3) is 0.375. The van der Waals surface area contributed by atoms with Crippen molar-refractivity contribution in [3.8, 4) is 17.2 Å². The van der Waals surface area contributed by atoms with Crippen LogP contribution in [0.2, 0.25) is 0 Å². The van der Waals surface area contributed by atoms with Crippen LogP contribution in [0.15, 0.2) is 59.1 Å². The second kappa shape index (κ2) is 7.81. The summed E-state index contributed by atoms with van der Waals surface area (Å²) in [5.74, 6) is 2.25. The summed E-state index contributed by atoms with van der Waals surface area (Å²) in [5.41, 5.74) is 2.05. The molecule has 1 spiro atoms. The summed E-state index contributed by atoms with van der Waals surface area (Å²) < 4.78 is 10.7. The van der Waals surface area contributed by atoms with Crippen molar-refractivity contribution in [3.05, 3.63) is 66.0 Å². The lowest BCUT2D eigenvalue weighted by molar-refractivity contribution is -0.141. The van der Waals surface area contributed by atoms with Crippen LogP contribution in [0.3, 0.4) is 0 Å². The van der Waals surface area contributed by atoms with E-state index in [0.29, 0.717) is 12.3 Å². The lowest BCUT2D eigenvalue weighted by atomic mass is 9.77. The van der Waals surface area contributed by atoms with Gasteiger partial charge in [-0.1, -0.05) is 35.5 Å². The van der Waals surface area contributed by atoms with Gasteiger partial charge in [0.15, 0.2) is 5.82 Å². The monoisotopic (exact) mass is 418 g/mol. The van der Waals surface area contributed by atoms with Crippen LogP contribution < -0.4 is 4.74 Å². The molecule has 0 radical (unpaired) electrons. The number of hydrogen-bond acceptors (Lipinski definition) is 6. The molecule has 1 aromatic heterocycles. The van der Waals surface area contributed by atoms with Gasteiger partial charge in [-0.05, 0) is 43.3 Å². The van der Waals surface area contributed by atoms with Crippen molar-refractivity contribution >= 4 is 5.91 Å². The van der Waals surface area contributed by atoms with E-state index in [4.69, 9.17) is 9.26 Å². The van der Waals surface area contributed by atoms with Crippen LogP contribution in [-0.2, 0) is 11.2 Å². The Morgan fingerprint density at radius 2 is 1.87 bits per heavy atom. The number of aromatic nitrogens is 2. The Balaban J connectivity index is 1.20. The number of amides is 1. The summed E-state index contributed by atoms with van der Waals surface area (Å²) in [5, 5.41) is 4.25. The summed E-state index contributed by atoms with van der Waals surface area (Å²) in [6.07, 6.45) is 1.36. The number of hydrogen-bond donors (Lipinski definition) is 0. The molecule has 7 nitrogen and oxygen atoms in total. The number of nitrogens with zero attached hydrogens (tertiary/aromatic N) is 4. The van der Waals surface area contributed by atoms with Crippen LogP contribution in [0.25, 0.3) is 11.5 Å². The second-order valence-corrected chi connectivity index (χ2v) is 8.73. The average molecular weight is 418 g/mol. The van der Waals surface area contributed by atoms with Crippen LogP contribution >= 0.6 is 0 Å². The molecular weight excluding hydrogens is 392 g/mol. The van der Waals surface area contributed by atoms with Gasteiger partial charge in [-0.3, -0.25) is 9.69 Å². The van der Waals surface area contributed by atoms with Gasteiger partial charge in [0.2, 0.25) is 5.91 Å². The first-order valence-corrected chi connectivity index (χ1v) is 10.6. The standard InChI is InChI=1S/C24H26N4O3/c1-27-14-24(13-20(27)22-25-23(31-26-22)18-6-4-3-5-7-18)15-28(16-24)21(29)12-17-8-10-19(30-2)11-9-17/h3-11,20H,12-16H2,1-2H3. The Kier molecular flexibility index (Phi) is 4.98. The van der Waals surface area contributed by atoms with Crippen molar-refractivity contribution in [3.63, 3.8) is 0 Å². The first-order valence-electron chi connectivity index (χ1n) is 10.6. The SMILES string of the molecule is COc1ccc(CC(=O)N2CC3(CC(c4noc(-c5ccccc5)n4)N(C)C3)C2)cc1. The predicted molar refractivity (Wildman–Crippen MR) is 115 cm³/mol. The summed E-state index contributed by atoms with van der Waals surface area (Å²) in [6, 6.07) is 17.6. The van der Waals surface area contributed by atoms with Gasteiger partial charge in [0, 0.05) is 30.6 Å². The number of likely N-dealkylation sites (tertiary alicyclic amines) is 2. The fourth-order valence-corrected chi connectivity index (χ4v) is 4.83. The highest BCUT2D eigenvalue weighted by molar-refractivity contribution is 5.79. The molecule has 3 aromatic rings. The molecule has 2 aliphatic rings. The Morgan fingerprint density at radius 1 is 1.13 bits per heavy atom. The largest absolute Gasteiger partial charge is 0.497 e. The molecular formula is C24H26N4O3. The van der Waals surface area contributed by atoms with Crippen molar-refractivity contribution in [1.29, 1.82) is 0 Å². The Morgan fingerprint density at radius 3 is 2.58 bits per heavy atom. The van der Waals surface area contributed by atoms with E-state index in [2.05, 4.69) is 22.1 Å². The van der Waals surface area contributed by atoms with Crippen LogP contribution in [0.4, 0.5) is 0 Å². The lowest BCUT2D eigenvalue weighted by Crippen LogP contribution is -2.59. The van der Waals surface area contributed by atoms with Crippen molar-refractivity contribution in [2.24, 2.45) is 5.41 Å². The van der Waals surface area contributed by atoms with Crippen molar-refractivity contribution < 1.29 is 14.1 Å². The molecule has 1 amide bonds. The van der Waals surface area contributed by atoms with Gasteiger partial charge in [-0.2, -0.15) is 4.98 Å². The minimum atomic E-state index is 0.111. The number of rotatable bonds is 5. The van der Waals surface area contributed by atoms with Crippen LogP contribution in [0.1, 0.15) is 23.9 Å². The second-order valence-electron chi connectivity index (χ2n) is 8.73. The van der Waals surface area contributed by atoms with Gasteiger partial charge in [-0.15, -0.1) is 0 Å². The zero-order valence-electron chi connectivity index (χ0n) is 17.8. The van der Waals surface area contributed by atoms with Crippen molar-refractivity contribution in [2.45, 2.75) is 18.9 Å². The van der Waals surface area contributed by atoms with Gasteiger partial charge >= 0.3 is 0 Å². The molecule has 3 heterocycles. The van der Waals surface area contributed by atoms with Crippen molar-refractivity contribution in [2.75, 3.05) is 33.8 Å². The molecule has 31 heavy (non-hydrogen) atoms. The summed E-state index contributed by atoms with van der Waals surface area (Å²) >= 11 is 0. The van der Waals surface area contributed by atoms with Gasteiger partial charge in [-0.25, -0.2) is 0 Å². The number of carbonyl (C=O) groups is 1. The third-order valence-electron chi connectivity index (χ3n) is 6.42. The zero-order valence-corrected chi connectivity index (χ0v) is 17.8. The molecule has 2 aromatic carbocycles. The first kappa shape index (κ1) is 19.8. The maximum absolute atomic E-state index is 12.7. The van der Waals surface area contributed by atoms with E-state index in [-0.39, 0.29) is 17.4 Å². The lowest BCUT2D eigenvalue weighted by Gasteiger charge is -2.48. The van der Waals surface area contributed by atoms with E-state index in [0.717, 1.165) is 48.8 Å². The van der Waals surface area contributed by atoms with Gasteiger partial charge in [0.05, 0.1) is 19.6 Å². The van der Waals surface area contributed by atoms with Gasteiger partial charge in [0.1, 0.15) is 5.75 Å². The average Bonchev–Trinajstić information content (AvgIpc) is 3.38. The topological polar surface area (TPSA) is 71.7 Å². The number of carbonyl (C=O) groups excluding carboxylic acids is 1. The first-order chi connectivity index (χ1) is 15.0. The molecule has 2 fully saturated rings. The number of ether oxygens (including phenoxy) is 1. The maximum atomic E-state index is 12.7. The van der Waals surface area contributed by atoms with Crippen molar-refractivity contribution in [1.82, 2.24) is 19.9 Å². The molecule has 160 valence electrons. The molecule has 7 heteroatoms. The molecule has 0 N–H and O–H groups in total. The Bertz CT molecular complexity index is 1060. The molecule has 2 aliphatic heterocycles. The Labute approximate surface area is 181 Å². The molecule has 0 bridgehead atoms. The quantitative estimate of drug-likeness (QED) is 0.634. The Hall–Kier alpha value is -3.19. The van der Waals surface area contributed by atoms with E-state index in [1.165, 1.54) is 0 Å². The van der Waals surface area contributed by atoms with Crippen LogP contribution in [0.5, 0.6) is 5.75 Å². The van der Waals surface area contributed by atoms with Gasteiger partial charge in [0.25, 0.3) is 5.89 Å². The molecule has 0 saturated carbocycles. The molecule has 0 aliphatic carbocycles. The normalized spacial score (nSPS) is 20.1. The zero-order chi connectivity index (χ0) is 21.4. The highest BCUT2D eigenvalue weighted by Gasteiger charge is 2.52. The minimum Gasteiger partial charge on any atom is -0.497 e. The van der Waals surface area contributed by atoms with Crippen LogP contribution in [0, 0.1) is 5.41 Å². The highest BCUT2D eigenvalue weighted by Crippen LogP contribution is 2.47. The van der Waals surface area contributed by atoms with E-state index in [1.54, 1.807) is 7.11 Å². The summed E-state index contributed by atoms with van der Waals surface area (Å²) in [4.78, 5) is 21.6. The summed E-state index contributed by atoms with van der Waals surface area (Å²) in [6.45, 7) is 2.50. The number of methoxy groups -OCH3 is 1.